The van der Waals surface area contributed by atoms with Crippen LogP contribution in [-0.2, 0) is 16.0 Å². The average molecular weight is 297 g/mol. The van der Waals surface area contributed by atoms with Gasteiger partial charge in [0.25, 0.3) is 0 Å². The van der Waals surface area contributed by atoms with Gasteiger partial charge in [-0.3, -0.25) is 4.79 Å². The largest absolute Gasteiger partial charge is 0.457 e. The fourth-order valence-corrected chi connectivity index (χ4v) is 3.61. The van der Waals surface area contributed by atoms with Crippen LogP contribution in [0.2, 0.25) is 0 Å². The van der Waals surface area contributed by atoms with Crippen LogP contribution < -0.4 is 0 Å². The minimum atomic E-state index is -0.199. The SMILES string of the molecule is CC(=O)OC1c2c(ccc3ccccc23)CCC1CN(C)C. The molecule has 2 atom stereocenters. The summed E-state index contributed by atoms with van der Waals surface area (Å²) in [5.41, 5.74) is 2.53. The molecule has 0 radical (unpaired) electrons. The van der Waals surface area contributed by atoms with Crippen molar-refractivity contribution in [3.8, 4) is 0 Å². The second kappa shape index (κ2) is 6.09. The van der Waals surface area contributed by atoms with Gasteiger partial charge in [0.1, 0.15) is 6.10 Å². The third-order valence-electron chi connectivity index (χ3n) is 4.45. The second-order valence-electron chi connectivity index (χ2n) is 6.45. The summed E-state index contributed by atoms with van der Waals surface area (Å²) in [5, 5.41) is 2.43. The molecule has 2 aromatic carbocycles. The number of fused-ring (bicyclic) bond motifs is 3. The Hall–Kier alpha value is -1.87. The molecule has 3 rings (SSSR count). The molecule has 3 nitrogen and oxygen atoms in total. The first-order valence-electron chi connectivity index (χ1n) is 7.88. The number of esters is 1. The van der Waals surface area contributed by atoms with Gasteiger partial charge in [0.15, 0.2) is 0 Å². The van der Waals surface area contributed by atoms with E-state index in [9.17, 15) is 4.79 Å². The van der Waals surface area contributed by atoms with Crippen molar-refractivity contribution >= 4 is 16.7 Å². The molecule has 2 aromatic rings. The summed E-state index contributed by atoms with van der Waals surface area (Å²) in [6, 6.07) is 12.7. The molecule has 0 spiro atoms. The molecule has 0 amide bonds. The highest BCUT2D eigenvalue weighted by molar-refractivity contribution is 5.87. The van der Waals surface area contributed by atoms with Gasteiger partial charge in [0.2, 0.25) is 0 Å². The zero-order valence-electron chi connectivity index (χ0n) is 13.5. The Morgan fingerprint density at radius 3 is 2.73 bits per heavy atom. The van der Waals surface area contributed by atoms with Crippen LogP contribution in [0.4, 0.5) is 0 Å². The van der Waals surface area contributed by atoms with E-state index in [1.54, 1.807) is 0 Å². The van der Waals surface area contributed by atoms with Gasteiger partial charge in [0.05, 0.1) is 0 Å². The molecule has 0 N–H and O–H groups in total. The standard InChI is InChI=1S/C19H23NO2/c1-13(21)22-19-16(12-20(2)3)11-10-15-9-8-14-6-4-5-7-17(14)18(15)19/h4-9,16,19H,10-12H2,1-3H3. The maximum absolute atomic E-state index is 11.7. The minimum Gasteiger partial charge on any atom is -0.457 e. The Kier molecular flexibility index (Phi) is 4.16. The van der Waals surface area contributed by atoms with E-state index in [1.165, 1.54) is 28.8 Å². The fraction of sp³-hybridized carbons (Fsp3) is 0.421. The first kappa shape index (κ1) is 15.0. The quantitative estimate of drug-likeness (QED) is 0.811. The van der Waals surface area contributed by atoms with Crippen molar-refractivity contribution in [1.82, 2.24) is 4.90 Å². The smallest absolute Gasteiger partial charge is 0.303 e. The Balaban J connectivity index is 2.12. The molecular weight excluding hydrogens is 274 g/mol. The van der Waals surface area contributed by atoms with E-state index in [-0.39, 0.29) is 12.1 Å². The van der Waals surface area contributed by atoms with Crippen LogP contribution in [0.1, 0.15) is 30.6 Å². The monoisotopic (exact) mass is 297 g/mol. The Labute approximate surface area is 131 Å². The van der Waals surface area contributed by atoms with Gasteiger partial charge in [0, 0.05) is 24.9 Å². The Bertz CT molecular complexity index is 693. The molecule has 22 heavy (non-hydrogen) atoms. The molecule has 1 aliphatic carbocycles. The number of carbonyl (C=O) groups is 1. The lowest BCUT2D eigenvalue weighted by atomic mass is 9.79. The summed E-state index contributed by atoms with van der Waals surface area (Å²) in [6.45, 7) is 2.44. The van der Waals surface area contributed by atoms with Gasteiger partial charge < -0.3 is 9.64 Å². The van der Waals surface area contributed by atoms with Crippen LogP contribution in [0.25, 0.3) is 10.8 Å². The van der Waals surface area contributed by atoms with Gasteiger partial charge >= 0.3 is 5.97 Å². The lowest BCUT2D eigenvalue weighted by molar-refractivity contribution is -0.150. The lowest BCUT2D eigenvalue weighted by Gasteiger charge is -2.35. The molecule has 0 saturated carbocycles. The van der Waals surface area contributed by atoms with Crippen molar-refractivity contribution in [3.63, 3.8) is 0 Å². The number of nitrogens with zero attached hydrogens (tertiary/aromatic N) is 1. The van der Waals surface area contributed by atoms with E-state index in [1.807, 2.05) is 0 Å². The third-order valence-corrected chi connectivity index (χ3v) is 4.45. The van der Waals surface area contributed by atoms with Crippen LogP contribution in [0.15, 0.2) is 36.4 Å². The van der Waals surface area contributed by atoms with Crippen LogP contribution in [0.5, 0.6) is 0 Å². The van der Waals surface area contributed by atoms with E-state index in [2.05, 4.69) is 55.4 Å². The van der Waals surface area contributed by atoms with Gasteiger partial charge in [-0.2, -0.15) is 0 Å². The minimum absolute atomic E-state index is 0.144. The highest BCUT2D eigenvalue weighted by atomic mass is 16.5. The van der Waals surface area contributed by atoms with Gasteiger partial charge in [-0.15, -0.1) is 0 Å². The van der Waals surface area contributed by atoms with Gasteiger partial charge in [-0.25, -0.2) is 0 Å². The topological polar surface area (TPSA) is 29.5 Å². The molecule has 0 bridgehead atoms. The molecule has 0 aromatic heterocycles. The summed E-state index contributed by atoms with van der Waals surface area (Å²) in [7, 11) is 4.15. The molecule has 3 heteroatoms. The maximum atomic E-state index is 11.7. The van der Waals surface area contributed by atoms with Crippen LogP contribution in [-0.4, -0.2) is 31.5 Å². The van der Waals surface area contributed by atoms with E-state index >= 15 is 0 Å². The number of carbonyl (C=O) groups excluding carboxylic acids is 1. The number of ether oxygens (including phenoxy) is 1. The highest BCUT2D eigenvalue weighted by Crippen LogP contribution is 2.41. The van der Waals surface area contributed by atoms with Crippen LogP contribution in [0.3, 0.4) is 0 Å². The van der Waals surface area contributed by atoms with Crippen molar-refractivity contribution in [2.24, 2.45) is 5.92 Å². The Morgan fingerprint density at radius 1 is 1.23 bits per heavy atom. The van der Waals surface area contributed by atoms with Crippen molar-refractivity contribution in [2.45, 2.75) is 25.9 Å². The molecule has 0 aliphatic heterocycles. The van der Waals surface area contributed by atoms with Crippen LogP contribution in [0, 0.1) is 5.92 Å². The molecule has 2 unspecified atom stereocenters. The fourth-order valence-electron chi connectivity index (χ4n) is 3.61. The molecule has 0 saturated heterocycles. The lowest BCUT2D eigenvalue weighted by Crippen LogP contribution is -2.32. The number of aryl methyl sites for hydroxylation is 1. The Morgan fingerprint density at radius 2 is 2.00 bits per heavy atom. The molecular formula is C19H23NO2. The summed E-state index contributed by atoms with van der Waals surface area (Å²) >= 11 is 0. The van der Waals surface area contributed by atoms with E-state index in [0.717, 1.165) is 19.4 Å². The zero-order chi connectivity index (χ0) is 15.7. The molecule has 116 valence electrons. The van der Waals surface area contributed by atoms with E-state index in [0.29, 0.717) is 5.92 Å². The third kappa shape index (κ3) is 2.86. The molecule has 0 heterocycles. The number of hydrogen-bond donors (Lipinski definition) is 0. The normalized spacial score (nSPS) is 20.9. The first-order valence-corrected chi connectivity index (χ1v) is 7.88. The predicted molar refractivity (Wildman–Crippen MR) is 88.8 cm³/mol. The summed E-state index contributed by atoms with van der Waals surface area (Å²) in [4.78, 5) is 13.8. The van der Waals surface area contributed by atoms with E-state index < -0.39 is 0 Å². The van der Waals surface area contributed by atoms with Crippen molar-refractivity contribution in [2.75, 3.05) is 20.6 Å². The summed E-state index contributed by atoms with van der Waals surface area (Å²) < 4.78 is 5.77. The zero-order valence-corrected chi connectivity index (χ0v) is 13.5. The predicted octanol–water partition coefficient (Wildman–Crippen LogP) is 3.57. The van der Waals surface area contributed by atoms with Crippen LogP contribution >= 0.6 is 0 Å². The highest BCUT2D eigenvalue weighted by Gasteiger charge is 2.33. The van der Waals surface area contributed by atoms with Gasteiger partial charge in [-0.1, -0.05) is 36.4 Å². The molecule has 0 fully saturated rings. The molecule has 1 aliphatic rings. The first-order chi connectivity index (χ1) is 10.6. The van der Waals surface area contributed by atoms with Crippen molar-refractivity contribution in [1.29, 1.82) is 0 Å². The number of rotatable bonds is 3. The van der Waals surface area contributed by atoms with E-state index in [4.69, 9.17) is 4.74 Å². The van der Waals surface area contributed by atoms with Crippen molar-refractivity contribution in [3.05, 3.63) is 47.5 Å². The van der Waals surface area contributed by atoms with Gasteiger partial charge in [-0.05, 0) is 43.3 Å². The summed E-state index contributed by atoms with van der Waals surface area (Å²) in [6.07, 6.45) is 1.97. The second-order valence-corrected chi connectivity index (χ2v) is 6.45. The number of benzene rings is 2. The summed E-state index contributed by atoms with van der Waals surface area (Å²) in [5.74, 6) is 0.145. The van der Waals surface area contributed by atoms with Crippen molar-refractivity contribution < 1.29 is 9.53 Å². The number of hydrogen-bond acceptors (Lipinski definition) is 3. The average Bonchev–Trinajstić information content (AvgIpc) is 2.48. The maximum Gasteiger partial charge on any atom is 0.303 e.